The van der Waals surface area contributed by atoms with Crippen LogP contribution in [0.15, 0.2) is 73.8 Å². The molecule has 0 spiro atoms. The number of carbonyl (C=O) groups excluding carboxylic acids is 1. The number of rotatable bonds is 4. The first-order valence-corrected chi connectivity index (χ1v) is 14.1. The number of hydrogen-bond acceptors (Lipinski definition) is 2. The molecule has 2 aliphatic rings. The van der Waals surface area contributed by atoms with Crippen molar-refractivity contribution in [1.29, 1.82) is 0 Å². The van der Waals surface area contributed by atoms with Gasteiger partial charge < -0.3 is 9.64 Å². The van der Waals surface area contributed by atoms with Gasteiger partial charge in [-0.05, 0) is 81.8 Å². The summed E-state index contributed by atoms with van der Waals surface area (Å²) in [6, 6.07) is 16.2. The first-order valence-electron chi connectivity index (χ1n) is 13.3. The first-order chi connectivity index (χ1) is 17.5. The molecule has 5 heteroatoms. The number of halogens is 2. The minimum absolute atomic E-state index is 0.0941. The molecule has 0 unspecified atom stereocenters. The minimum atomic E-state index is -0.458. The molecule has 1 heterocycles. The Hall–Kier alpha value is -2.23. The largest absolute Gasteiger partial charge is 0.444 e. The maximum Gasteiger partial charge on any atom is 0.410 e. The molecule has 0 radical (unpaired) electrons. The molecule has 0 aromatic heterocycles. The Balaban J connectivity index is 0.000000220. The lowest BCUT2D eigenvalue weighted by Crippen LogP contribution is -2.46. The van der Waals surface area contributed by atoms with E-state index in [1.54, 1.807) is 4.90 Å². The Kier molecular flexibility index (Phi) is 9.94. The first kappa shape index (κ1) is 29.3. The smallest absolute Gasteiger partial charge is 0.410 e. The molecule has 2 aromatic rings. The van der Waals surface area contributed by atoms with E-state index in [1.165, 1.54) is 43.2 Å². The van der Waals surface area contributed by atoms with Crippen molar-refractivity contribution in [3.8, 4) is 0 Å². The molecule has 1 amide bonds. The van der Waals surface area contributed by atoms with Gasteiger partial charge >= 0.3 is 6.09 Å². The molecule has 37 heavy (non-hydrogen) atoms. The molecule has 2 aromatic carbocycles. The van der Waals surface area contributed by atoms with Crippen molar-refractivity contribution in [1.82, 2.24) is 4.90 Å². The average molecular weight is 543 g/mol. The molecule has 1 saturated heterocycles. The summed E-state index contributed by atoms with van der Waals surface area (Å²) in [6.07, 6.45) is 12.1. The summed E-state index contributed by atoms with van der Waals surface area (Å²) >= 11 is 11.9. The quantitative estimate of drug-likeness (QED) is 0.360. The van der Waals surface area contributed by atoms with Gasteiger partial charge in [0.1, 0.15) is 5.60 Å². The monoisotopic (exact) mass is 541 g/mol. The number of amides is 1. The number of allylic oxidation sites excluding steroid dienone is 2. The number of ether oxygens (including phenoxy) is 1. The lowest BCUT2D eigenvalue weighted by atomic mass is 9.70. The van der Waals surface area contributed by atoms with Gasteiger partial charge in [-0.25, -0.2) is 4.79 Å². The molecule has 3 nitrogen and oxygen atoms in total. The number of hydrogen-bond donors (Lipinski definition) is 0. The summed E-state index contributed by atoms with van der Waals surface area (Å²) in [5.41, 5.74) is 2.24. The van der Waals surface area contributed by atoms with Crippen LogP contribution in [0, 0.1) is 0 Å². The Morgan fingerprint density at radius 2 is 1.19 bits per heavy atom. The molecule has 200 valence electrons. The summed E-state index contributed by atoms with van der Waals surface area (Å²) in [5, 5.41) is 1.54. The van der Waals surface area contributed by atoms with E-state index >= 15 is 0 Å². The highest BCUT2D eigenvalue weighted by molar-refractivity contribution is 6.30. The second kappa shape index (κ2) is 12.5. The van der Waals surface area contributed by atoms with Crippen LogP contribution in [-0.4, -0.2) is 29.7 Å². The highest BCUT2D eigenvalue weighted by Gasteiger charge is 2.36. The third-order valence-electron chi connectivity index (χ3n) is 7.67. The predicted octanol–water partition coefficient (Wildman–Crippen LogP) is 9.52. The van der Waals surface area contributed by atoms with E-state index in [0.717, 1.165) is 22.9 Å². The predicted molar refractivity (Wildman–Crippen MR) is 157 cm³/mol. The SMILES string of the molecule is C=CC1(c2ccc(Cl)cc2)CCCCC1.C=CC1(c2ccc(Cl)cc2)CCN(C(=O)OC(C)(C)C)CC1. The second-order valence-electron chi connectivity index (χ2n) is 11.3. The van der Waals surface area contributed by atoms with Crippen molar-refractivity contribution in [2.24, 2.45) is 0 Å². The summed E-state index contributed by atoms with van der Waals surface area (Å²) in [5.74, 6) is 0. The van der Waals surface area contributed by atoms with E-state index in [-0.39, 0.29) is 16.9 Å². The molecule has 1 aliphatic heterocycles. The number of carbonyl (C=O) groups is 1. The number of likely N-dealkylation sites (tertiary alicyclic amines) is 1. The molecule has 0 bridgehead atoms. The van der Waals surface area contributed by atoms with Crippen LogP contribution < -0.4 is 0 Å². The molecular formula is C32H41Cl2NO2. The zero-order valence-corrected chi connectivity index (χ0v) is 24.1. The zero-order valence-electron chi connectivity index (χ0n) is 22.6. The van der Waals surface area contributed by atoms with E-state index in [1.807, 2.05) is 63.2 Å². The summed E-state index contributed by atoms with van der Waals surface area (Å²) in [7, 11) is 0. The van der Waals surface area contributed by atoms with Gasteiger partial charge in [0.15, 0.2) is 0 Å². The van der Waals surface area contributed by atoms with Gasteiger partial charge in [0.25, 0.3) is 0 Å². The van der Waals surface area contributed by atoms with Crippen molar-refractivity contribution in [2.45, 2.75) is 82.1 Å². The molecule has 0 atom stereocenters. The molecule has 0 N–H and O–H groups in total. The summed E-state index contributed by atoms with van der Waals surface area (Å²) in [4.78, 5) is 13.9. The third-order valence-corrected chi connectivity index (χ3v) is 8.18. The lowest BCUT2D eigenvalue weighted by Gasteiger charge is -2.40. The zero-order chi connectivity index (χ0) is 27.1. The van der Waals surface area contributed by atoms with E-state index < -0.39 is 5.60 Å². The van der Waals surface area contributed by atoms with Gasteiger partial charge in [-0.2, -0.15) is 0 Å². The normalized spacial score (nSPS) is 18.7. The average Bonchev–Trinajstić information content (AvgIpc) is 2.89. The number of benzene rings is 2. The highest BCUT2D eigenvalue weighted by atomic mass is 35.5. The number of piperidine rings is 1. The Labute approximate surface area is 233 Å². The third kappa shape index (κ3) is 7.65. The van der Waals surface area contributed by atoms with Crippen LogP contribution in [0.4, 0.5) is 4.79 Å². The van der Waals surface area contributed by atoms with E-state index in [9.17, 15) is 4.79 Å². The van der Waals surface area contributed by atoms with Crippen molar-refractivity contribution in [3.63, 3.8) is 0 Å². The number of nitrogens with zero attached hydrogens (tertiary/aromatic N) is 1. The second-order valence-corrected chi connectivity index (χ2v) is 12.1. The molecule has 1 aliphatic carbocycles. The van der Waals surface area contributed by atoms with Crippen molar-refractivity contribution < 1.29 is 9.53 Å². The minimum Gasteiger partial charge on any atom is -0.444 e. The fraction of sp³-hybridized carbons (Fsp3) is 0.469. The topological polar surface area (TPSA) is 29.5 Å². The molecule has 4 rings (SSSR count). The molecule has 1 saturated carbocycles. The Morgan fingerprint density at radius 1 is 0.784 bits per heavy atom. The van der Waals surface area contributed by atoms with Crippen LogP contribution in [0.1, 0.15) is 76.8 Å². The van der Waals surface area contributed by atoms with Crippen LogP contribution in [0.5, 0.6) is 0 Å². The molecular weight excluding hydrogens is 501 g/mol. The summed E-state index contributed by atoms with van der Waals surface area (Å²) in [6.45, 7) is 15.0. The van der Waals surface area contributed by atoms with Gasteiger partial charge in [-0.15, -0.1) is 13.2 Å². The van der Waals surface area contributed by atoms with Crippen molar-refractivity contribution in [2.75, 3.05) is 13.1 Å². The van der Waals surface area contributed by atoms with Crippen LogP contribution in [-0.2, 0) is 15.6 Å². The van der Waals surface area contributed by atoms with E-state index in [0.29, 0.717) is 13.1 Å². The maximum atomic E-state index is 12.2. The van der Waals surface area contributed by atoms with Gasteiger partial charge in [0, 0.05) is 34.0 Å². The fourth-order valence-electron chi connectivity index (χ4n) is 5.38. The maximum absolute atomic E-state index is 12.2. The Bertz CT molecular complexity index is 1040. The van der Waals surface area contributed by atoms with Gasteiger partial charge in [0.05, 0.1) is 0 Å². The van der Waals surface area contributed by atoms with E-state index in [2.05, 4.69) is 31.4 Å². The van der Waals surface area contributed by atoms with Crippen LogP contribution in [0.3, 0.4) is 0 Å². The fourth-order valence-corrected chi connectivity index (χ4v) is 5.63. The Morgan fingerprint density at radius 3 is 1.57 bits per heavy atom. The van der Waals surface area contributed by atoms with Crippen LogP contribution >= 0.6 is 23.2 Å². The standard InChI is InChI=1S/C18H24ClNO2.C14H17Cl/c1-5-18(14-6-8-15(19)9-7-14)10-12-20(13-11-18)16(21)22-17(2,3)4;1-2-14(10-4-3-5-11-14)12-6-8-13(15)9-7-12/h5-9H,1,10-13H2,2-4H3;2,6-9H,1,3-5,10-11H2. The van der Waals surface area contributed by atoms with Gasteiger partial charge in [-0.3, -0.25) is 0 Å². The lowest BCUT2D eigenvalue weighted by molar-refractivity contribution is 0.0183. The van der Waals surface area contributed by atoms with E-state index in [4.69, 9.17) is 27.9 Å². The molecule has 2 fully saturated rings. The highest BCUT2D eigenvalue weighted by Crippen LogP contribution is 2.40. The van der Waals surface area contributed by atoms with Crippen molar-refractivity contribution >= 4 is 29.3 Å². The van der Waals surface area contributed by atoms with Crippen molar-refractivity contribution in [3.05, 3.63) is 95.0 Å². The van der Waals surface area contributed by atoms with Gasteiger partial charge in [-0.1, -0.05) is 78.9 Å². The van der Waals surface area contributed by atoms with Crippen LogP contribution in [0.25, 0.3) is 0 Å². The van der Waals surface area contributed by atoms with Gasteiger partial charge in [0.2, 0.25) is 0 Å². The van der Waals surface area contributed by atoms with Crippen LogP contribution in [0.2, 0.25) is 10.0 Å². The summed E-state index contributed by atoms with van der Waals surface area (Å²) < 4.78 is 5.44.